The average Bonchev–Trinajstić information content (AvgIpc) is 2.32. The Morgan fingerprint density at radius 2 is 1.75 bits per heavy atom. The Bertz CT molecular complexity index is 521. The van der Waals surface area contributed by atoms with Crippen molar-refractivity contribution in [2.75, 3.05) is 0 Å². The highest BCUT2D eigenvalue weighted by Crippen LogP contribution is 2.29. The van der Waals surface area contributed by atoms with E-state index in [1.54, 1.807) is 24.5 Å². The molecule has 0 atom stereocenters. The van der Waals surface area contributed by atoms with Gasteiger partial charge in [0.25, 0.3) is 0 Å². The van der Waals surface area contributed by atoms with E-state index in [0.717, 1.165) is 16.7 Å². The number of hydrogen-bond acceptors (Lipinski definition) is 1. The topological polar surface area (TPSA) is 12.9 Å². The number of benzene rings is 1. The van der Waals surface area contributed by atoms with E-state index in [9.17, 15) is 0 Å². The SMILES string of the molecule is C=C(c1ccncc1)c1cc(Cl)ccc1Cl. The number of pyridine rings is 1. The normalized spacial score (nSPS) is 10.1. The Labute approximate surface area is 104 Å². The molecule has 3 heteroatoms. The molecule has 0 N–H and O–H groups in total. The van der Waals surface area contributed by atoms with E-state index in [0.29, 0.717) is 10.0 Å². The molecule has 0 aliphatic heterocycles. The molecule has 2 rings (SSSR count). The van der Waals surface area contributed by atoms with Crippen molar-refractivity contribution in [2.24, 2.45) is 0 Å². The van der Waals surface area contributed by atoms with Crippen molar-refractivity contribution in [3.05, 3.63) is 70.5 Å². The molecule has 0 amide bonds. The van der Waals surface area contributed by atoms with Crippen LogP contribution in [-0.2, 0) is 0 Å². The fourth-order valence-electron chi connectivity index (χ4n) is 1.44. The second-order valence-corrected chi connectivity index (χ2v) is 4.18. The van der Waals surface area contributed by atoms with Gasteiger partial charge in [-0.25, -0.2) is 0 Å². The molecule has 1 heterocycles. The van der Waals surface area contributed by atoms with Gasteiger partial charge in [-0.3, -0.25) is 4.98 Å². The summed E-state index contributed by atoms with van der Waals surface area (Å²) < 4.78 is 0. The average molecular weight is 250 g/mol. The Morgan fingerprint density at radius 3 is 2.44 bits per heavy atom. The van der Waals surface area contributed by atoms with Crippen molar-refractivity contribution >= 4 is 28.8 Å². The van der Waals surface area contributed by atoms with Crippen LogP contribution < -0.4 is 0 Å². The molecule has 1 nitrogen and oxygen atoms in total. The van der Waals surface area contributed by atoms with Gasteiger partial charge in [0.2, 0.25) is 0 Å². The summed E-state index contributed by atoms with van der Waals surface area (Å²) in [6.45, 7) is 4.03. The van der Waals surface area contributed by atoms with Crippen LogP contribution in [0.4, 0.5) is 0 Å². The van der Waals surface area contributed by atoms with Gasteiger partial charge in [0.15, 0.2) is 0 Å². The first-order valence-corrected chi connectivity index (χ1v) is 5.49. The summed E-state index contributed by atoms with van der Waals surface area (Å²) in [5.41, 5.74) is 2.68. The Morgan fingerprint density at radius 1 is 1.06 bits per heavy atom. The van der Waals surface area contributed by atoms with Crippen LogP contribution in [0, 0.1) is 0 Å². The van der Waals surface area contributed by atoms with Crippen LogP contribution in [0.2, 0.25) is 10.0 Å². The number of aromatic nitrogens is 1. The Kier molecular flexibility index (Phi) is 3.28. The predicted octanol–water partition coefficient (Wildman–Crippen LogP) is 4.45. The first-order valence-electron chi connectivity index (χ1n) is 4.73. The summed E-state index contributed by atoms with van der Waals surface area (Å²) in [5, 5.41) is 1.29. The maximum Gasteiger partial charge on any atom is 0.0485 e. The van der Waals surface area contributed by atoms with Crippen LogP contribution in [0.25, 0.3) is 5.57 Å². The third kappa shape index (κ3) is 2.26. The maximum atomic E-state index is 6.11. The fraction of sp³-hybridized carbons (Fsp3) is 0. The third-order valence-electron chi connectivity index (χ3n) is 2.28. The maximum absolute atomic E-state index is 6.11. The van der Waals surface area contributed by atoms with Gasteiger partial charge >= 0.3 is 0 Å². The van der Waals surface area contributed by atoms with Crippen molar-refractivity contribution in [1.29, 1.82) is 0 Å². The van der Waals surface area contributed by atoms with E-state index in [1.807, 2.05) is 18.2 Å². The van der Waals surface area contributed by atoms with Gasteiger partial charge in [-0.1, -0.05) is 29.8 Å². The molecule has 0 aliphatic carbocycles. The lowest BCUT2D eigenvalue weighted by Crippen LogP contribution is -1.88. The van der Waals surface area contributed by atoms with Crippen molar-refractivity contribution in [3.63, 3.8) is 0 Å². The van der Waals surface area contributed by atoms with E-state index in [4.69, 9.17) is 23.2 Å². The molecule has 0 saturated heterocycles. The van der Waals surface area contributed by atoms with Crippen LogP contribution in [0.3, 0.4) is 0 Å². The first-order chi connectivity index (χ1) is 7.68. The van der Waals surface area contributed by atoms with Crippen molar-refractivity contribution in [1.82, 2.24) is 4.98 Å². The fourth-order valence-corrected chi connectivity index (χ4v) is 1.84. The van der Waals surface area contributed by atoms with Gasteiger partial charge < -0.3 is 0 Å². The summed E-state index contributed by atoms with van der Waals surface area (Å²) >= 11 is 12.0. The molecule has 2 aromatic rings. The molecular weight excluding hydrogens is 241 g/mol. The van der Waals surface area contributed by atoms with Crippen LogP contribution >= 0.6 is 23.2 Å². The summed E-state index contributed by atoms with van der Waals surface area (Å²) in [6, 6.07) is 9.12. The van der Waals surface area contributed by atoms with Gasteiger partial charge in [-0.2, -0.15) is 0 Å². The Balaban J connectivity index is 2.46. The lowest BCUT2D eigenvalue weighted by molar-refractivity contribution is 1.32. The van der Waals surface area contributed by atoms with E-state index >= 15 is 0 Å². The highest BCUT2D eigenvalue weighted by molar-refractivity contribution is 6.34. The highest BCUT2D eigenvalue weighted by atomic mass is 35.5. The minimum Gasteiger partial charge on any atom is -0.265 e. The summed E-state index contributed by atoms with van der Waals surface area (Å²) in [7, 11) is 0. The lowest BCUT2D eigenvalue weighted by atomic mass is 10.0. The molecule has 0 radical (unpaired) electrons. The summed E-state index contributed by atoms with van der Waals surface area (Å²) in [4.78, 5) is 3.96. The van der Waals surface area contributed by atoms with E-state index < -0.39 is 0 Å². The second-order valence-electron chi connectivity index (χ2n) is 3.34. The molecule has 0 bridgehead atoms. The highest BCUT2D eigenvalue weighted by Gasteiger charge is 2.07. The van der Waals surface area contributed by atoms with Crippen LogP contribution in [0.1, 0.15) is 11.1 Å². The van der Waals surface area contributed by atoms with Crippen LogP contribution in [-0.4, -0.2) is 4.98 Å². The predicted molar refractivity (Wildman–Crippen MR) is 68.8 cm³/mol. The van der Waals surface area contributed by atoms with Crippen LogP contribution in [0.5, 0.6) is 0 Å². The largest absolute Gasteiger partial charge is 0.265 e. The van der Waals surface area contributed by atoms with E-state index in [1.165, 1.54) is 0 Å². The quantitative estimate of drug-likeness (QED) is 0.767. The van der Waals surface area contributed by atoms with Gasteiger partial charge in [0, 0.05) is 28.0 Å². The molecular formula is C13H9Cl2N. The zero-order valence-corrected chi connectivity index (χ0v) is 9.96. The standard InChI is InChI=1S/C13H9Cl2N/c1-9(10-4-6-16-7-5-10)12-8-11(14)2-3-13(12)15/h2-8H,1H2. The minimum atomic E-state index is 0.645. The number of nitrogens with zero attached hydrogens (tertiary/aromatic N) is 1. The van der Waals surface area contributed by atoms with Gasteiger partial charge in [0.1, 0.15) is 0 Å². The molecule has 0 spiro atoms. The van der Waals surface area contributed by atoms with E-state index in [2.05, 4.69) is 11.6 Å². The smallest absolute Gasteiger partial charge is 0.0485 e. The number of halogens is 2. The molecule has 80 valence electrons. The van der Waals surface area contributed by atoms with Crippen molar-refractivity contribution in [2.45, 2.75) is 0 Å². The number of rotatable bonds is 2. The van der Waals surface area contributed by atoms with Gasteiger partial charge in [-0.05, 0) is 41.5 Å². The van der Waals surface area contributed by atoms with Crippen molar-refractivity contribution in [3.8, 4) is 0 Å². The zero-order chi connectivity index (χ0) is 11.5. The zero-order valence-electron chi connectivity index (χ0n) is 8.45. The molecule has 0 fully saturated rings. The minimum absolute atomic E-state index is 0.645. The van der Waals surface area contributed by atoms with E-state index in [-0.39, 0.29) is 0 Å². The van der Waals surface area contributed by atoms with Gasteiger partial charge in [0.05, 0.1) is 0 Å². The number of hydrogen-bond donors (Lipinski definition) is 0. The third-order valence-corrected chi connectivity index (χ3v) is 2.85. The lowest BCUT2D eigenvalue weighted by Gasteiger charge is -2.08. The molecule has 0 aliphatic rings. The van der Waals surface area contributed by atoms with Crippen molar-refractivity contribution < 1.29 is 0 Å². The first kappa shape index (κ1) is 11.2. The molecule has 16 heavy (non-hydrogen) atoms. The monoisotopic (exact) mass is 249 g/mol. The molecule has 1 aromatic heterocycles. The molecule has 1 aromatic carbocycles. The second kappa shape index (κ2) is 4.69. The van der Waals surface area contributed by atoms with Gasteiger partial charge in [-0.15, -0.1) is 0 Å². The van der Waals surface area contributed by atoms with Crippen LogP contribution in [0.15, 0.2) is 49.3 Å². The Hall–Kier alpha value is -1.31. The molecule has 0 saturated carbocycles. The molecule has 0 unspecified atom stereocenters. The summed E-state index contributed by atoms with van der Waals surface area (Å²) in [5.74, 6) is 0. The summed E-state index contributed by atoms with van der Waals surface area (Å²) in [6.07, 6.45) is 3.44.